The van der Waals surface area contributed by atoms with Gasteiger partial charge in [-0.25, -0.2) is 0 Å². The first kappa shape index (κ1) is 4.67. The standard InChI is InChI=1S/C4H7N/c1-3-4(2)5/h5H,1-3H2. The summed E-state index contributed by atoms with van der Waals surface area (Å²) in [5.74, 6) is 0. The van der Waals surface area contributed by atoms with Crippen molar-refractivity contribution in [2.24, 2.45) is 0 Å². The van der Waals surface area contributed by atoms with Gasteiger partial charge in [-0.15, -0.1) is 0 Å². The van der Waals surface area contributed by atoms with E-state index in [4.69, 9.17) is 5.41 Å². The molecule has 0 atom stereocenters. The summed E-state index contributed by atoms with van der Waals surface area (Å²) >= 11 is 0. The van der Waals surface area contributed by atoms with E-state index < -0.39 is 0 Å². The van der Waals surface area contributed by atoms with Crippen LogP contribution in [0.5, 0.6) is 0 Å². The van der Waals surface area contributed by atoms with Crippen molar-refractivity contribution < 1.29 is 0 Å². The Balaban J connectivity index is 2.85. The molecule has 5 heavy (non-hydrogen) atoms. The lowest BCUT2D eigenvalue weighted by molar-refractivity contribution is 1.39. The quantitative estimate of drug-likeness (QED) is 0.445. The van der Waals surface area contributed by atoms with Gasteiger partial charge in [0.2, 0.25) is 0 Å². The molecule has 2 radical (unpaired) electrons. The Bertz CT molecular complexity index is 38.9. The fraction of sp³-hybridized carbons (Fsp3) is 0.250. The van der Waals surface area contributed by atoms with Crippen molar-refractivity contribution in [1.29, 1.82) is 5.41 Å². The van der Waals surface area contributed by atoms with Gasteiger partial charge in [0.25, 0.3) is 0 Å². The fourth-order valence-corrected chi connectivity index (χ4v) is 0. The second-order valence-corrected chi connectivity index (χ2v) is 0.854. The molecule has 0 amide bonds. The van der Waals surface area contributed by atoms with Crippen LogP contribution in [-0.2, 0) is 0 Å². The molecule has 0 rings (SSSR count). The van der Waals surface area contributed by atoms with Gasteiger partial charge in [-0.3, -0.25) is 0 Å². The van der Waals surface area contributed by atoms with Crippen molar-refractivity contribution in [1.82, 2.24) is 0 Å². The van der Waals surface area contributed by atoms with Crippen LogP contribution in [0.1, 0.15) is 6.42 Å². The van der Waals surface area contributed by atoms with Crippen LogP contribution in [0.25, 0.3) is 0 Å². The van der Waals surface area contributed by atoms with E-state index in [-0.39, 0.29) is 0 Å². The van der Waals surface area contributed by atoms with Gasteiger partial charge in [-0.2, -0.15) is 0 Å². The van der Waals surface area contributed by atoms with Gasteiger partial charge >= 0.3 is 0 Å². The van der Waals surface area contributed by atoms with Crippen LogP contribution in [0.2, 0.25) is 0 Å². The van der Waals surface area contributed by atoms with Crippen molar-refractivity contribution in [3.63, 3.8) is 0 Å². The van der Waals surface area contributed by atoms with Crippen LogP contribution in [-0.4, -0.2) is 5.71 Å². The molecular formula is C4H7N. The highest BCUT2D eigenvalue weighted by molar-refractivity contribution is 5.85. The fourth-order valence-electron chi connectivity index (χ4n) is 0. The predicted octanol–water partition coefficient (Wildman–Crippen LogP) is 1.06. The SMILES string of the molecule is [CH2]CC([CH2])=N. The van der Waals surface area contributed by atoms with Gasteiger partial charge in [-0.1, -0.05) is 0 Å². The van der Waals surface area contributed by atoms with Gasteiger partial charge in [0, 0.05) is 5.71 Å². The zero-order chi connectivity index (χ0) is 4.28. The highest BCUT2D eigenvalue weighted by atomic mass is 14.4. The topological polar surface area (TPSA) is 23.9 Å². The second-order valence-electron chi connectivity index (χ2n) is 0.854. The van der Waals surface area contributed by atoms with Gasteiger partial charge in [0.15, 0.2) is 0 Å². The van der Waals surface area contributed by atoms with Crippen molar-refractivity contribution >= 4 is 5.71 Å². The number of hydrogen-bond donors (Lipinski definition) is 1. The Morgan fingerprint density at radius 2 is 2.00 bits per heavy atom. The van der Waals surface area contributed by atoms with E-state index in [1.54, 1.807) is 0 Å². The molecule has 0 saturated carbocycles. The molecule has 0 aliphatic heterocycles. The molecule has 0 unspecified atom stereocenters. The molecule has 0 fully saturated rings. The third-order valence-electron chi connectivity index (χ3n) is 0.302. The molecule has 0 heterocycles. The summed E-state index contributed by atoms with van der Waals surface area (Å²) < 4.78 is 0. The minimum Gasteiger partial charge on any atom is -0.310 e. The number of hydrogen-bond acceptors (Lipinski definition) is 1. The van der Waals surface area contributed by atoms with Crippen LogP contribution in [0.4, 0.5) is 0 Å². The summed E-state index contributed by atoms with van der Waals surface area (Å²) in [5.41, 5.74) is 0.394. The van der Waals surface area contributed by atoms with Crippen LogP contribution in [0.15, 0.2) is 0 Å². The normalized spacial score (nSPS) is 7.60. The zero-order valence-electron chi connectivity index (χ0n) is 3.12. The van der Waals surface area contributed by atoms with E-state index >= 15 is 0 Å². The second kappa shape index (κ2) is 1.94. The maximum Gasteiger partial charge on any atom is 0.00929 e. The van der Waals surface area contributed by atoms with E-state index in [1.165, 1.54) is 0 Å². The summed E-state index contributed by atoms with van der Waals surface area (Å²) in [4.78, 5) is 0. The third-order valence-corrected chi connectivity index (χ3v) is 0.302. The molecule has 1 N–H and O–H groups in total. The van der Waals surface area contributed by atoms with Crippen molar-refractivity contribution in [2.75, 3.05) is 0 Å². The maximum absolute atomic E-state index is 6.57. The Morgan fingerprint density at radius 3 is 2.00 bits per heavy atom. The lowest BCUT2D eigenvalue weighted by Crippen LogP contribution is -1.79. The van der Waals surface area contributed by atoms with Crippen LogP contribution >= 0.6 is 0 Å². The first-order valence-corrected chi connectivity index (χ1v) is 1.46. The van der Waals surface area contributed by atoms with Gasteiger partial charge < -0.3 is 5.41 Å². The highest BCUT2D eigenvalue weighted by Crippen LogP contribution is 1.71. The van der Waals surface area contributed by atoms with Crippen LogP contribution in [0.3, 0.4) is 0 Å². The lowest BCUT2D eigenvalue weighted by atomic mass is 10.3. The first-order chi connectivity index (χ1) is 2.27. The summed E-state index contributed by atoms with van der Waals surface area (Å²) in [7, 11) is 0. The molecule has 1 heteroatoms. The van der Waals surface area contributed by atoms with E-state index in [1.807, 2.05) is 0 Å². The minimum atomic E-state index is 0.394. The first-order valence-electron chi connectivity index (χ1n) is 1.46. The van der Waals surface area contributed by atoms with E-state index in [0.717, 1.165) is 0 Å². The van der Waals surface area contributed by atoms with Crippen molar-refractivity contribution in [3.05, 3.63) is 13.8 Å². The summed E-state index contributed by atoms with van der Waals surface area (Å²) in [5, 5.41) is 6.57. The average Bonchev–Trinajstić information content (AvgIpc) is 1.38. The third kappa shape index (κ3) is 3.67. The van der Waals surface area contributed by atoms with E-state index in [9.17, 15) is 0 Å². The van der Waals surface area contributed by atoms with E-state index in [0.29, 0.717) is 12.1 Å². The predicted molar refractivity (Wildman–Crippen MR) is 23.1 cm³/mol. The molecule has 28 valence electrons. The number of rotatable bonds is 1. The highest BCUT2D eigenvalue weighted by Gasteiger charge is 1.71. The summed E-state index contributed by atoms with van der Waals surface area (Å²) in [6.45, 7) is 6.68. The largest absolute Gasteiger partial charge is 0.310 e. The Hall–Kier alpha value is -0.330. The Kier molecular flexibility index (Phi) is 1.81. The lowest BCUT2D eigenvalue weighted by Gasteiger charge is -1.76. The Morgan fingerprint density at radius 1 is 1.80 bits per heavy atom. The molecule has 0 aromatic rings. The van der Waals surface area contributed by atoms with E-state index in [2.05, 4.69) is 13.8 Å². The monoisotopic (exact) mass is 69.1 g/mol. The average molecular weight is 69.1 g/mol. The summed E-state index contributed by atoms with van der Waals surface area (Å²) in [6.07, 6.45) is 0.528. The van der Waals surface area contributed by atoms with Crippen molar-refractivity contribution in [3.8, 4) is 0 Å². The van der Waals surface area contributed by atoms with Gasteiger partial charge in [0.1, 0.15) is 0 Å². The van der Waals surface area contributed by atoms with Crippen LogP contribution < -0.4 is 0 Å². The maximum atomic E-state index is 6.57. The van der Waals surface area contributed by atoms with Gasteiger partial charge in [-0.05, 0) is 20.3 Å². The molecule has 0 aromatic carbocycles. The molecule has 0 aliphatic rings. The molecule has 0 saturated heterocycles. The molecule has 0 bridgehead atoms. The Labute approximate surface area is 32.5 Å². The van der Waals surface area contributed by atoms with Crippen LogP contribution in [0, 0.1) is 19.3 Å². The zero-order valence-corrected chi connectivity index (χ0v) is 3.12. The molecule has 0 aromatic heterocycles. The number of nitrogens with one attached hydrogen (secondary N) is 1. The molecule has 0 aliphatic carbocycles. The summed E-state index contributed by atoms with van der Waals surface area (Å²) in [6, 6.07) is 0. The smallest absolute Gasteiger partial charge is 0.00929 e. The van der Waals surface area contributed by atoms with Crippen molar-refractivity contribution in [2.45, 2.75) is 6.42 Å². The minimum absolute atomic E-state index is 0.394. The van der Waals surface area contributed by atoms with Gasteiger partial charge in [0.05, 0.1) is 0 Å². The molecule has 1 nitrogen and oxygen atoms in total. The molecule has 0 spiro atoms. The molecular weight excluding hydrogens is 62.1 g/mol.